The monoisotopic (exact) mass is 496 g/mol. The van der Waals surface area contributed by atoms with Crippen LogP contribution in [0.3, 0.4) is 0 Å². The number of hydrogen-bond donors (Lipinski definition) is 0. The smallest absolute Gasteiger partial charge is 0.166 e. The van der Waals surface area contributed by atoms with Crippen molar-refractivity contribution in [1.82, 2.24) is 0 Å². The Labute approximate surface area is 211 Å². The van der Waals surface area contributed by atoms with Crippen LogP contribution >= 0.6 is 0 Å². The summed E-state index contributed by atoms with van der Waals surface area (Å²) in [6, 6.07) is 35.2. The zero-order chi connectivity index (χ0) is 25.5. The molecule has 0 unspecified atom stereocenters. The minimum atomic E-state index is -4.33. The molecule has 5 aromatic carbocycles. The Morgan fingerprint density at radius 1 is 0.444 bits per heavy atom. The molecule has 0 amide bonds. The predicted molar refractivity (Wildman–Crippen MR) is 148 cm³/mol. The van der Waals surface area contributed by atoms with Crippen LogP contribution < -0.4 is 5.19 Å². The maximum Gasteiger partial charge on any atom is 0.416 e. The van der Waals surface area contributed by atoms with Gasteiger partial charge >= 0.3 is 6.18 Å². The summed E-state index contributed by atoms with van der Waals surface area (Å²) < 4.78 is 38.8. The number of halogens is 3. The van der Waals surface area contributed by atoms with Gasteiger partial charge in [0.2, 0.25) is 0 Å². The fraction of sp³-hybridized carbons (Fsp3) is 0.125. The van der Waals surface area contributed by atoms with Crippen molar-refractivity contribution in [2.75, 3.05) is 0 Å². The number of fused-ring (bicyclic) bond motifs is 1. The molecule has 0 aliphatic carbocycles. The fourth-order valence-corrected chi connectivity index (χ4v) is 5.64. The van der Waals surface area contributed by atoms with Crippen molar-refractivity contribution in [2.45, 2.75) is 25.8 Å². The number of alkyl halides is 3. The second-order valence-corrected chi connectivity index (χ2v) is 15.3. The van der Waals surface area contributed by atoms with Crippen LogP contribution in [0.4, 0.5) is 13.2 Å². The summed E-state index contributed by atoms with van der Waals surface area (Å²) in [5.74, 6) is 0. The maximum atomic E-state index is 12.9. The van der Waals surface area contributed by atoms with E-state index in [4.69, 9.17) is 0 Å². The van der Waals surface area contributed by atoms with Gasteiger partial charge in [-0.1, -0.05) is 110 Å². The van der Waals surface area contributed by atoms with E-state index < -0.39 is 19.8 Å². The maximum absolute atomic E-state index is 12.9. The Kier molecular flexibility index (Phi) is 6.09. The molecule has 36 heavy (non-hydrogen) atoms. The molecule has 0 atom stereocenters. The standard InChI is InChI=1S/C32H27F3Si/c1-36(2,3)31-18-14-23(15-19-31)22-4-6-24(7-5-22)27-10-8-26-9-11-28(21-29(26)20-27)25-12-16-30(17-13-25)32(33,34)35/h4-21H,1-3H3. The predicted octanol–water partition coefficient (Wildman–Crippen LogP) is 9.40. The minimum Gasteiger partial charge on any atom is -0.166 e. The molecule has 0 heterocycles. The zero-order valence-corrected chi connectivity index (χ0v) is 21.5. The molecule has 5 aromatic rings. The summed E-state index contributed by atoms with van der Waals surface area (Å²) in [5.41, 5.74) is 5.65. The van der Waals surface area contributed by atoms with Gasteiger partial charge in [-0.2, -0.15) is 13.2 Å². The zero-order valence-electron chi connectivity index (χ0n) is 20.5. The highest BCUT2D eigenvalue weighted by molar-refractivity contribution is 6.88. The minimum absolute atomic E-state index is 0.634. The summed E-state index contributed by atoms with van der Waals surface area (Å²) in [6.07, 6.45) is -4.33. The summed E-state index contributed by atoms with van der Waals surface area (Å²) in [7, 11) is -1.31. The van der Waals surface area contributed by atoms with Gasteiger partial charge in [-0.3, -0.25) is 0 Å². The molecule has 0 radical (unpaired) electrons. The Balaban J connectivity index is 1.42. The van der Waals surface area contributed by atoms with Crippen molar-refractivity contribution >= 4 is 24.0 Å². The van der Waals surface area contributed by atoms with E-state index in [9.17, 15) is 13.2 Å². The van der Waals surface area contributed by atoms with E-state index in [-0.39, 0.29) is 0 Å². The van der Waals surface area contributed by atoms with Crippen LogP contribution in [0, 0.1) is 0 Å². The molecular weight excluding hydrogens is 469 g/mol. The van der Waals surface area contributed by atoms with Gasteiger partial charge in [0.15, 0.2) is 0 Å². The van der Waals surface area contributed by atoms with Gasteiger partial charge in [0.1, 0.15) is 0 Å². The molecule has 0 nitrogen and oxygen atoms in total. The first kappa shape index (κ1) is 24.1. The summed E-state index contributed by atoms with van der Waals surface area (Å²) in [4.78, 5) is 0. The number of benzene rings is 5. The van der Waals surface area contributed by atoms with Crippen molar-refractivity contribution < 1.29 is 13.2 Å². The average Bonchev–Trinajstić information content (AvgIpc) is 2.87. The van der Waals surface area contributed by atoms with Gasteiger partial charge in [-0.25, -0.2) is 0 Å². The highest BCUT2D eigenvalue weighted by Crippen LogP contribution is 2.33. The number of rotatable bonds is 4. The molecule has 0 aliphatic heterocycles. The molecule has 0 N–H and O–H groups in total. The molecule has 0 saturated carbocycles. The third-order valence-electron chi connectivity index (χ3n) is 6.69. The van der Waals surface area contributed by atoms with E-state index >= 15 is 0 Å². The summed E-state index contributed by atoms with van der Waals surface area (Å²) in [6.45, 7) is 7.06. The lowest BCUT2D eigenvalue weighted by molar-refractivity contribution is -0.137. The van der Waals surface area contributed by atoms with Crippen LogP contribution in [0.2, 0.25) is 19.6 Å². The molecule has 0 spiro atoms. The first-order valence-corrected chi connectivity index (χ1v) is 15.5. The van der Waals surface area contributed by atoms with Gasteiger partial charge in [-0.05, 0) is 68.4 Å². The second-order valence-electron chi connectivity index (χ2n) is 10.3. The molecule has 5 rings (SSSR count). The van der Waals surface area contributed by atoms with E-state index in [0.717, 1.165) is 45.2 Å². The molecule has 0 saturated heterocycles. The van der Waals surface area contributed by atoms with E-state index in [0.29, 0.717) is 0 Å². The fourth-order valence-electron chi connectivity index (χ4n) is 4.48. The average molecular weight is 497 g/mol. The third-order valence-corrected chi connectivity index (χ3v) is 8.75. The van der Waals surface area contributed by atoms with Crippen LogP contribution in [0.1, 0.15) is 5.56 Å². The largest absolute Gasteiger partial charge is 0.416 e. The molecule has 0 aliphatic rings. The SMILES string of the molecule is C[Si](C)(C)c1ccc(-c2ccc(-c3ccc4ccc(-c5ccc(C(F)(F)F)cc5)cc4c3)cc2)cc1. The van der Waals surface area contributed by atoms with Crippen molar-refractivity contribution in [3.63, 3.8) is 0 Å². The van der Waals surface area contributed by atoms with Gasteiger partial charge in [0.05, 0.1) is 13.6 Å². The van der Waals surface area contributed by atoms with Crippen molar-refractivity contribution in [3.8, 4) is 33.4 Å². The first-order chi connectivity index (χ1) is 17.1. The van der Waals surface area contributed by atoms with Gasteiger partial charge in [-0.15, -0.1) is 0 Å². The normalized spacial score (nSPS) is 12.2. The quantitative estimate of drug-likeness (QED) is 0.217. The van der Waals surface area contributed by atoms with E-state index in [1.807, 2.05) is 18.2 Å². The Morgan fingerprint density at radius 2 is 0.806 bits per heavy atom. The Hall–Kier alpha value is -3.63. The van der Waals surface area contributed by atoms with Crippen LogP contribution in [0.15, 0.2) is 109 Å². The van der Waals surface area contributed by atoms with Gasteiger partial charge < -0.3 is 0 Å². The third kappa shape index (κ3) is 5.00. The molecular formula is C32H27F3Si. The van der Waals surface area contributed by atoms with Crippen LogP contribution in [0.5, 0.6) is 0 Å². The van der Waals surface area contributed by atoms with Crippen molar-refractivity contribution in [2.24, 2.45) is 0 Å². The second kappa shape index (κ2) is 9.10. The van der Waals surface area contributed by atoms with Crippen LogP contribution in [-0.4, -0.2) is 8.07 Å². The van der Waals surface area contributed by atoms with Gasteiger partial charge in [0.25, 0.3) is 0 Å². The van der Waals surface area contributed by atoms with E-state index in [1.54, 1.807) is 0 Å². The molecule has 0 aromatic heterocycles. The van der Waals surface area contributed by atoms with Crippen molar-refractivity contribution in [1.29, 1.82) is 0 Å². The topological polar surface area (TPSA) is 0 Å². The number of hydrogen-bond acceptors (Lipinski definition) is 0. The lowest BCUT2D eigenvalue weighted by Crippen LogP contribution is -2.37. The molecule has 180 valence electrons. The molecule has 0 bridgehead atoms. The van der Waals surface area contributed by atoms with E-state index in [2.05, 4.69) is 86.4 Å². The molecule has 4 heteroatoms. The summed E-state index contributed by atoms with van der Waals surface area (Å²) >= 11 is 0. The van der Waals surface area contributed by atoms with E-state index in [1.165, 1.54) is 28.4 Å². The van der Waals surface area contributed by atoms with Crippen LogP contribution in [-0.2, 0) is 6.18 Å². The van der Waals surface area contributed by atoms with Crippen molar-refractivity contribution in [3.05, 3.63) is 115 Å². The molecule has 0 fully saturated rings. The Morgan fingerprint density at radius 3 is 1.22 bits per heavy atom. The first-order valence-electron chi connectivity index (χ1n) is 12.0. The highest BCUT2D eigenvalue weighted by Gasteiger charge is 2.30. The van der Waals surface area contributed by atoms with Crippen LogP contribution in [0.25, 0.3) is 44.2 Å². The highest BCUT2D eigenvalue weighted by atomic mass is 28.3. The van der Waals surface area contributed by atoms with Gasteiger partial charge in [0, 0.05) is 0 Å². The lowest BCUT2D eigenvalue weighted by atomic mass is 9.96. The summed E-state index contributed by atoms with van der Waals surface area (Å²) in [5, 5.41) is 3.60. The lowest BCUT2D eigenvalue weighted by Gasteiger charge is -2.16. The Bertz CT molecular complexity index is 1510.